The first-order valence-electron chi connectivity index (χ1n) is 10.5. The van der Waals surface area contributed by atoms with E-state index in [1.165, 1.54) is 0 Å². The fraction of sp³-hybridized carbons (Fsp3) is 0.375. The Bertz CT molecular complexity index is 954. The summed E-state index contributed by atoms with van der Waals surface area (Å²) in [7, 11) is 0. The third-order valence-corrected chi connectivity index (χ3v) is 5.94. The zero-order valence-corrected chi connectivity index (χ0v) is 17.3. The summed E-state index contributed by atoms with van der Waals surface area (Å²) < 4.78 is 0. The van der Waals surface area contributed by atoms with Crippen LogP contribution in [0.15, 0.2) is 48.5 Å². The Morgan fingerprint density at radius 2 is 1.77 bits per heavy atom. The lowest BCUT2D eigenvalue weighted by Crippen LogP contribution is -2.32. The molecule has 1 atom stereocenters. The zero-order chi connectivity index (χ0) is 21.1. The molecule has 2 saturated heterocycles. The van der Waals surface area contributed by atoms with Crippen LogP contribution in [0.2, 0.25) is 0 Å². The Hall–Kier alpha value is -3.15. The molecule has 6 heteroatoms. The molecule has 0 aromatic heterocycles. The van der Waals surface area contributed by atoms with E-state index in [9.17, 15) is 14.4 Å². The minimum Gasteiger partial charge on any atom is -0.352 e. The van der Waals surface area contributed by atoms with E-state index in [-0.39, 0.29) is 30.1 Å². The highest BCUT2D eigenvalue weighted by Gasteiger charge is 2.35. The van der Waals surface area contributed by atoms with Crippen LogP contribution in [-0.4, -0.2) is 35.7 Å². The first-order chi connectivity index (χ1) is 14.5. The molecule has 2 aliphatic heterocycles. The molecule has 156 valence electrons. The summed E-state index contributed by atoms with van der Waals surface area (Å²) in [4.78, 5) is 40.4. The number of rotatable bonds is 6. The van der Waals surface area contributed by atoms with Crippen LogP contribution in [0.4, 0.5) is 5.69 Å². The molecule has 2 aromatic carbocycles. The predicted octanol–water partition coefficient (Wildman–Crippen LogP) is 2.79. The van der Waals surface area contributed by atoms with Crippen LogP contribution < -0.4 is 10.2 Å². The topological polar surface area (TPSA) is 69.7 Å². The van der Waals surface area contributed by atoms with Gasteiger partial charge in [0, 0.05) is 44.7 Å². The first kappa shape index (κ1) is 20.1. The molecule has 2 aliphatic rings. The normalized spacial score (nSPS) is 18.9. The molecule has 2 fully saturated rings. The Morgan fingerprint density at radius 3 is 2.47 bits per heavy atom. The highest BCUT2D eigenvalue weighted by atomic mass is 16.2. The molecule has 0 aliphatic carbocycles. The van der Waals surface area contributed by atoms with E-state index >= 15 is 0 Å². The molecule has 2 aromatic rings. The molecule has 1 N–H and O–H groups in total. The highest BCUT2D eigenvalue weighted by Crippen LogP contribution is 2.27. The second-order valence-electron chi connectivity index (χ2n) is 8.15. The largest absolute Gasteiger partial charge is 0.352 e. The maximum Gasteiger partial charge on any atom is 0.227 e. The summed E-state index contributed by atoms with van der Waals surface area (Å²) >= 11 is 0. The third-order valence-electron chi connectivity index (χ3n) is 5.94. The fourth-order valence-corrected chi connectivity index (χ4v) is 4.17. The van der Waals surface area contributed by atoms with Gasteiger partial charge in [-0.2, -0.15) is 0 Å². The van der Waals surface area contributed by atoms with E-state index in [2.05, 4.69) is 5.32 Å². The lowest BCUT2D eigenvalue weighted by molar-refractivity contribution is -0.128. The van der Waals surface area contributed by atoms with Gasteiger partial charge in [-0.05, 0) is 36.1 Å². The van der Waals surface area contributed by atoms with E-state index in [0.717, 1.165) is 35.3 Å². The smallest absolute Gasteiger partial charge is 0.227 e. The molecule has 30 heavy (non-hydrogen) atoms. The Labute approximate surface area is 176 Å². The van der Waals surface area contributed by atoms with Crippen LogP contribution >= 0.6 is 0 Å². The van der Waals surface area contributed by atoms with Gasteiger partial charge >= 0.3 is 0 Å². The third kappa shape index (κ3) is 4.37. The van der Waals surface area contributed by atoms with Crippen LogP contribution in [0.1, 0.15) is 36.0 Å². The number of hydrogen-bond acceptors (Lipinski definition) is 3. The summed E-state index contributed by atoms with van der Waals surface area (Å²) in [6.45, 7) is 4.29. The quantitative estimate of drug-likeness (QED) is 0.804. The Balaban J connectivity index is 1.30. The van der Waals surface area contributed by atoms with Crippen molar-refractivity contribution in [1.29, 1.82) is 0 Å². The van der Waals surface area contributed by atoms with Gasteiger partial charge in [-0.25, -0.2) is 0 Å². The molecular weight excluding hydrogens is 378 g/mol. The minimum absolute atomic E-state index is 0.00902. The van der Waals surface area contributed by atoms with Gasteiger partial charge < -0.3 is 15.1 Å². The molecule has 0 bridgehead atoms. The number of aryl methyl sites for hydroxylation is 1. The molecule has 2 heterocycles. The van der Waals surface area contributed by atoms with Crippen LogP contribution in [0.25, 0.3) is 0 Å². The number of benzene rings is 2. The van der Waals surface area contributed by atoms with Crippen molar-refractivity contribution in [2.75, 3.05) is 18.0 Å². The molecular formula is C24H27N3O3. The minimum atomic E-state index is -0.336. The number of para-hydroxylation sites is 1. The average molecular weight is 405 g/mol. The lowest BCUT2D eigenvalue weighted by atomic mass is 10.1. The number of carbonyl (C=O) groups is 3. The molecule has 4 rings (SSSR count). The van der Waals surface area contributed by atoms with Gasteiger partial charge in [0.15, 0.2) is 0 Å². The van der Waals surface area contributed by atoms with Crippen LogP contribution in [0, 0.1) is 12.8 Å². The molecule has 3 amide bonds. The van der Waals surface area contributed by atoms with Crippen molar-refractivity contribution >= 4 is 23.4 Å². The number of nitrogens with one attached hydrogen (secondary N) is 1. The van der Waals surface area contributed by atoms with Gasteiger partial charge in [-0.15, -0.1) is 0 Å². The SMILES string of the molecule is Cc1ccccc1N1C[C@@H](C(=O)NCc2ccc(CN3CCCC3=O)cc2)CC1=O. The average Bonchev–Trinajstić information content (AvgIpc) is 3.33. The van der Waals surface area contributed by atoms with Crippen LogP contribution in [0.5, 0.6) is 0 Å². The maximum atomic E-state index is 12.6. The number of amides is 3. The first-order valence-corrected chi connectivity index (χ1v) is 10.5. The van der Waals surface area contributed by atoms with Crippen molar-refractivity contribution < 1.29 is 14.4 Å². The number of nitrogens with zero attached hydrogens (tertiary/aromatic N) is 2. The Kier molecular flexibility index (Phi) is 5.84. The van der Waals surface area contributed by atoms with Crippen molar-refractivity contribution in [3.63, 3.8) is 0 Å². The fourth-order valence-electron chi connectivity index (χ4n) is 4.17. The molecule has 0 radical (unpaired) electrons. The van der Waals surface area contributed by atoms with E-state index in [0.29, 0.717) is 26.1 Å². The highest BCUT2D eigenvalue weighted by molar-refractivity contribution is 6.00. The monoisotopic (exact) mass is 405 g/mol. The van der Waals surface area contributed by atoms with E-state index < -0.39 is 0 Å². The standard InChI is InChI=1S/C24H27N3O3/c1-17-5-2-3-6-21(17)27-16-20(13-23(27)29)24(30)25-14-18-8-10-19(11-9-18)15-26-12-4-7-22(26)28/h2-3,5-6,8-11,20H,4,7,12-16H2,1H3,(H,25,30)/t20-/m0/s1. The van der Waals surface area contributed by atoms with Gasteiger partial charge in [-0.3, -0.25) is 14.4 Å². The van der Waals surface area contributed by atoms with E-state index in [4.69, 9.17) is 0 Å². The van der Waals surface area contributed by atoms with Gasteiger partial charge in [0.2, 0.25) is 17.7 Å². The second-order valence-corrected chi connectivity index (χ2v) is 8.15. The summed E-state index contributed by atoms with van der Waals surface area (Å²) in [5.74, 6) is -0.216. The number of anilines is 1. The van der Waals surface area contributed by atoms with Crippen molar-refractivity contribution in [3.05, 3.63) is 65.2 Å². The Morgan fingerprint density at radius 1 is 1.03 bits per heavy atom. The molecule has 0 unspecified atom stereocenters. The summed E-state index contributed by atoms with van der Waals surface area (Å²) in [5, 5.41) is 2.97. The van der Waals surface area contributed by atoms with Crippen molar-refractivity contribution in [3.8, 4) is 0 Å². The number of carbonyl (C=O) groups excluding carboxylic acids is 3. The van der Waals surface area contributed by atoms with Gasteiger partial charge in [-0.1, -0.05) is 42.5 Å². The number of likely N-dealkylation sites (tertiary alicyclic amines) is 1. The second kappa shape index (κ2) is 8.69. The summed E-state index contributed by atoms with van der Waals surface area (Å²) in [6.07, 6.45) is 1.83. The summed E-state index contributed by atoms with van der Waals surface area (Å²) in [5.41, 5.74) is 4.00. The van der Waals surface area contributed by atoms with Crippen molar-refractivity contribution in [1.82, 2.24) is 10.2 Å². The van der Waals surface area contributed by atoms with Gasteiger partial charge in [0.25, 0.3) is 0 Å². The maximum absolute atomic E-state index is 12.6. The molecule has 0 spiro atoms. The summed E-state index contributed by atoms with van der Waals surface area (Å²) in [6, 6.07) is 15.7. The molecule has 6 nitrogen and oxygen atoms in total. The van der Waals surface area contributed by atoms with E-state index in [1.807, 2.05) is 60.4 Å². The molecule has 0 saturated carbocycles. The van der Waals surface area contributed by atoms with Gasteiger partial charge in [0.05, 0.1) is 5.92 Å². The lowest BCUT2D eigenvalue weighted by Gasteiger charge is -2.19. The number of hydrogen-bond donors (Lipinski definition) is 1. The van der Waals surface area contributed by atoms with Crippen molar-refractivity contribution in [2.24, 2.45) is 5.92 Å². The zero-order valence-electron chi connectivity index (χ0n) is 17.3. The predicted molar refractivity (Wildman–Crippen MR) is 115 cm³/mol. The van der Waals surface area contributed by atoms with Crippen molar-refractivity contribution in [2.45, 2.75) is 39.3 Å². The van der Waals surface area contributed by atoms with E-state index in [1.54, 1.807) is 4.90 Å². The van der Waals surface area contributed by atoms with Crippen LogP contribution in [0.3, 0.4) is 0 Å². The van der Waals surface area contributed by atoms with Gasteiger partial charge in [0.1, 0.15) is 0 Å². The van der Waals surface area contributed by atoms with Crippen LogP contribution in [-0.2, 0) is 27.5 Å².